The summed E-state index contributed by atoms with van der Waals surface area (Å²) in [7, 11) is 0. The normalized spacial score (nSPS) is 11.7. The number of carboxylic acids is 1. The minimum atomic E-state index is -0.873. The quantitative estimate of drug-likeness (QED) is 0.671. The monoisotopic (exact) mass is 272 g/mol. The highest BCUT2D eigenvalue weighted by atomic mass is 16.4. The second kappa shape index (κ2) is 8.15. The van der Waals surface area contributed by atoms with Crippen LogP contribution in [-0.4, -0.2) is 41.0 Å². The van der Waals surface area contributed by atoms with Crippen LogP contribution in [0.15, 0.2) is 0 Å². The van der Waals surface area contributed by atoms with Gasteiger partial charge in [0.1, 0.15) is 0 Å². The minimum Gasteiger partial charge on any atom is -0.481 e. The van der Waals surface area contributed by atoms with Crippen molar-refractivity contribution in [3.8, 4) is 0 Å². The Labute approximate surface area is 116 Å². The van der Waals surface area contributed by atoms with E-state index in [1.165, 1.54) is 0 Å². The zero-order chi connectivity index (χ0) is 15.1. The van der Waals surface area contributed by atoms with E-state index in [-0.39, 0.29) is 30.3 Å². The maximum Gasteiger partial charge on any atom is 0.305 e. The summed E-state index contributed by atoms with van der Waals surface area (Å²) in [6.07, 6.45) is 2.11. The molecule has 0 saturated carbocycles. The molecule has 0 heterocycles. The predicted molar refractivity (Wildman–Crippen MR) is 75.8 cm³/mol. The van der Waals surface area contributed by atoms with Crippen LogP contribution in [0.3, 0.4) is 0 Å². The predicted octanol–water partition coefficient (Wildman–Crippen LogP) is 1.85. The lowest BCUT2D eigenvalue weighted by molar-refractivity contribution is -0.139. The van der Waals surface area contributed by atoms with Gasteiger partial charge in [0.15, 0.2) is 0 Å². The Morgan fingerprint density at radius 1 is 1.21 bits per heavy atom. The van der Waals surface area contributed by atoms with Gasteiger partial charge in [0.25, 0.3) is 0 Å². The van der Waals surface area contributed by atoms with E-state index < -0.39 is 5.97 Å². The van der Waals surface area contributed by atoms with E-state index in [9.17, 15) is 9.59 Å². The SMILES string of the molecule is CC(C)N(CCC(=O)O)C(=O)CCC(C)(C)CCN. The van der Waals surface area contributed by atoms with Gasteiger partial charge in [-0.3, -0.25) is 9.59 Å². The van der Waals surface area contributed by atoms with Gasteiger partial charge in [-0.1, -0.05) is 13.8 Å². The molecule has 19 heavy (non-hydrogen) atoms. The van der Waals surface area contributed by atoms with Crippen molar-refractivity contribution in [1.82, 2.24) is 4.90 Å². The van der Waals surface area contributed by atoms with Crippen molar-refractivity contribution in [2.75, 3.05) is 13.1 Å². The lowest BCUT2D eigenvalue weighted by Crippen LogP contribution is -2.39. The number of carboxylic acid groups (broad SMARTS) is 1. The third-order valence-electron chi connectivity index (χ3n) is 3.35. The second-order valence-corrected chi connectivity index (χ2v) is 6.03. The molecule has 0 radical (unpaired) electrons. The molecule has 3 N–H and O–H groups in total. The largest absolute Gasteiger partial charge is 0.481 e. The standard InChI is InChI=1S/C14H28N2O3/c1-11(2)16(10-6-13(18)19)12(17)5-7-14(3,4)8-9-15/h11H,5-10,15H2,1-4H3,(H,18,19). The lowest BCUT2D eigenvalue weighted by Gasteiger charge is -2.29. The number of carbonyl (C=O) groups is 2. The van der Waals surface area contributed by atoms with Gasteiger partial charge in [-0.05, 0) is 38.6 Å². The molecule has 0 aromatic heterocycles. The summed E-state index contributed by atoms with van der Waals surface area (Å²) in [5, 5.41) is 8.70. The van der Waals surface area contributed by atoms with Crippen LogP contribution in [0.2, 0.25) is 0 Å². The topological polar surface area (TPSA) is 83.6 Å². The van der Waals surface area contributed by atoms with E-state index in [2.05, 4.69) is 13.8 Å². The number of rotatable bonds is 9. The average Bonchev–Trinajstić information content (AvgIpc) is 2.25. The summed E-state index contributed by atoms with van der Waals surface area (Å²) in [5.41, 5.74) is 5.60. The molecule has 0 atom stereocenters. The summed E-state index contributed by atoms with van der Waals surface area (Å²) < 4.78 is 0. The van der Waals surface area contributed by atoms with Crippen molar-refractivity contribution < 1.29 is 14.7 Å². The maximum absolute atomic E-state index is 12.1. The fraction of sp³-hybridized carbons (Fsp3) is 0.857. The van der Waals surface area contributed by atoms with Crippen molar-refractivity contribution in [3.63, 3.8) is 0 Å². The van der Waals surface area contributed by atoms with E-state index in [0.717, 1.165) is 12.8 Å². The molecular formula is C14H28N2O3. The number of hydrogen-bond acceptors (Lipinski definition) is 3. The van der Waals surface area contributed by atoms with Crippen LogP contribution < -0.4 is 5.73 Å². The number of amides is 1. The number of carbonyl (C=O) groups excluding carboxylic acids is 1. The Bertz CT molecular complexity index is 301. The van der Waals surface area contributed by atoms with Gasteiger partial charge in [0.2, 0.25) is 5.91 Å². The van der Waals surface area contributed by atoms with Gasteiger partial charge in [-0.2, -0.15) is 0 Å². The summed E-state index contributed by atoms with van der Waals surface area (Å²) in [4.78, 5) is 24.4. The first-order chi connectivity index (χ1) is 8.69. The van der Waals surface area contributed by atoms with Crippen LogP contribution in [0.4, 0.5) is 0 Å². The fourth-order valence-corrected chi connectivity index (χ4v) is 1.99. The Morgan fingerprint density at radius 2 is 1.79 bits per heavy atom. The summed E-state index contributed by atoms with van der Waals surface area (Å²) in [5.74, 6) is -0.844. The molecular weight excluding hydrogens is 244 g/mol. The molecule has 5 nitrogen and oxygen atoms in total. The molecule has 0 aliphatic carbocycles. The van der Waals surface area contributed by atoms with Gasteiger partial charge in [0, 0.05) is 19.0 Å². The van der Waals surface area contributed by atoms with Crippen LogP contribution in [0, 0.1) is 5.41 Å². The molecule has 0 aromatic rings. The molecule has 0 bridgehead atoms. The molecule has 0 aliphatic rings. The molecule has 112 valence electrons. The van der Waals surface area contributed by atoms with Crippen molar-refractivity contribution in [2.45, 2.75) is 59.4 Å². The third kappa shape index (κ3) is 7.82. The lowest BCUT2D eigenvalue weighted by atomic mass is 9.84. The molecule has 0 rings (SSSR count). The van der Waals surface area contributed by atoms with E-state index in [4.69, 9.17) is 10.8 Å². The van der Waals surface area contributed by atoms with Gasteiger partial charge >= 0.3 is 5.97 Å². The molecule has 0 fully saturated rings. The molecule has 0 unspecified atom stereocenters. The highest BCUT2D eigenvalue weighted by molar-refractivity contribution is 5.77. The van der Waals surface area contributed by atoms with E-state index in [0.29, 0.717) is 13.0 Å². The fourth-order valence-electron chi connectivity index (χ4n) is 1.99. The van der Waals surface area contributed by atoms with Crippen LogP contribution in [0.1, 0.15) is 53.4 Å². The van der Waals surface area contributed by atoms with Crippen LogP contribution in [0.25, 0.3) is 0 Å². The second-order valence-electron chi connectivity index (χ2n) is 6.03. The van der Waals surface area contributed by atoms with Crippen molar-refractivity contribution in [1.29, 1.82) is 0 Å². The minimum absolute atomic E-state index is 0.00386. The molecule has 0 aliphatic heterocycles. The van der Waals surface area contributed by atoms with E-state index in [1.54, 1.807) is 4.90 Å². The third-order valence-corrected chi connectivity index (χ3v) is 3.35. The highest BCUT2D eigenvalue weighted by Gasteiger charge is 2.22. The van der Waals surface area contributed by atoms with E-state index >= 15 is 0 Å². The molecule has 1 amide bonds. The molecule has 0 spiro atoms. The number of nitrogens with two attached hydrogens (primary N) is 1. The van der Waals surface area contributed by atoms with Crippen LogP contribution in [-0.2, 0) is 9.59 Å². The highest BCUT2D eigenvalue weighted by Crippen LogP contribution is 2.26. The first-order valence-corrected chi connectivity index (χ1v) is 6.91. The van der Waals surface area contributed by atoms with Crippen molar-refractivity contribution in [2.24, 2.45) is 11.1 Å². The zero-order valence-corrected chi connectivity index (χ0v) is 12.6. The smallest absolute Gasteiger partial charge is 0.305 e. The molecule has 0 aromatic carbocycles. The Kier molecular flexibility index (Phi) is 7.68. The number of aliphatic carboxylic acids is 1. The van der Waals surface area contributed by atoms with Gasteiger partial charge in [-0.25, -0.2) is 0 Å². The summed E-state index contributed by atoms with van der Waals surface area (Å²) in [6.45, 7) is 8.92. The van der Waals surface area contributed by atoms with Gasteiger partial charge in [0.05, 0.1) is 6.42 Å². The average molecular weight is 272 g/mol. The van der Waals surface area contributed by atoms with Crippen molar-refractivity contribution >= 4 is 11.9 Å². The van der Waals surface area contributed by atoms with Crippen LogP contribution in [0.5, 0.6) is 0 Å². The number of nitrogens with zero attached hydrogens (tertiary/aromatic N) is 1. The van der Waals surface area contributed by atoms with Crippen molar-refractivity contribution in [3.05, 3.63) is 0 Å². The first-order valence-electron chi connectivity index (χ1n) is 6.91. The molecule has 0 saturated heterocycles. The van der Waals surface area contributed by atoms with Gasteiger partial charge < -0.3 is 15.7 Å². The summed E-state index contributed by atoms with van der Waals surface area (Å²) in [6, 6.07) is 0.0319. The summed E-state index contributed by atoms with van der Waals surface area (Å²) >= 11 is 0. The Hall–Kier alpha value is -1.10. The van der Waals surface area contributed by atoms with Gasteiger partial charge in [-0.15, -0.1) is 0 Å². The van der Waals surface area contributed by atoms with Crippen LogP contribution >= 0.6 is 0 Å². The zero-order valence-electron chi connectivity index (χ0n) is 12.6. The Morgan fingerprint density at radius 3 is 2.21 bits per heavy atom. The maximum atomic E-state index is 12.1. The van der Waals surface area contributed by atoms with E-state index in [1.807, 2.05) is 13.8 Å². The first kappa shape index (κ1) is 17.9. The number of hydrogen-bond donors (Lipinski definition) is 2. The molecule has 5 heteroatoms. The Balaban J connectivity index is 4.37.